The molecule has 5 heteroatoms. The van der Waals surface area contributed by atoms with Crippen LogP contribution in [-0.4, -0.2) is 31.1 Å². The van der Waals surface area contributed by atoms with Gasteiger partial charge in [-0.25, -0.2) is 0 Å². The van der Waals surface area contributed by atoms with E-state index in [1.54, 1.807) is 7.11 Å². The van der Waals surface area contributed by atoms with Crippen molar-refractivity contribution in [3.05, 3.63) is 0 Å². The summed E-state index contributed by atoms with van der Waals surface area (Å²) in [6.45, 7) is -1.89. The van der Waals surface area contributed by atoms with Gasteiger partial charge in [-0.05, 0) is 18.2 Å². The van der Waals surface area contributed by atoms with Crippen LogP contribution >= 0.6 is 6.49 Å². The lowest BCUT2D eigenvalue weighted by Gasteiger charge is -2.12. The van der Waals surface area contributed by atoms with E-state index in [0.717, 1.165) is 12.6 Å². The first kappa shape index (κ1) is 8.62. The van der Waals surface area contributed by atoms with Gasteiger partial charge in [0.05, 0.1) is 12.7 Å². The second kappa shape index (κ2) is 3.28. The maximum absolute atomic E-state index is 8.68. The summed E-state index contributed by atoms with van der Waals surface area (Å²) in [5.41, 5.74) is 0. The molecule has 0 bridgehead atoms. The maximum atomic E-state index is 8.68. The summed E-state index contributed by atoms with van der Waals surface area (Å²) in [6, 6.07) is 0. The summed E-state index contributed by atoms with van der Waals surface area (Å²) in [4.78, 5) is 0. The summed E-state index contributed by atoms with van der Waals surface area (Å²) < 4.78 is 10.3. The van der Waals surface area contributed by atoms with Gasteiger partial charge in [-0.15, -0.1) is 0 Å². The molecule has 1 aliphatic heterocycles. The van der Waals surface area contributed by atoms with Gasteiger partial charge in [0.1, 0.15) is 0 Å². The third kappa shape index (κ3) is 1.77. The van der Waals surface area contributed by atoms with Crippen molar-refractivity contribution in [3.8, 4) is 0 Å². The monoisotopic (exact) mass is 182 g/mol. The van der Waals surface area contributed by atoms with Crippen LogP contribution in [0.15, 0.2) is 0 Å². The lowest BCUT2D eigenvalue weighted by molar-refractivity contribution is 0.130. The Morgan fingerprint density at radius 1 is 1.90 bits per heavy atom. The molecule has 1 unspecified atom stereocenters. The Bertz CT molecular complexity index is 161. The number of rotatable bonds is 2. The lowest BCUT2D eigenvalue weighted by Crippen LogP contribution is -2.08. The Morgan fingerprint density at radius 2 is 2.60 bits per heavy atom. The van der Waals surface area contributed by atoms with Crippen LogP contribution in [0.4, 0.5) is 0 Å². The van der Waals surface area contributed by atoms with Crippen LogP contribution < -0.4 is 0 Å². The van der Waals surface area contributed by atoms with Crippen molar-refractivity contribution in [2.24, 2.45) is 0 Å². The van der Waals surface area contributed by atoms with Gasteiger partial charge in [-0.1, -0.05) is 0 Å². The first-order valence-corrected chi connectivity index (χ1v) is 5.96. The summed E-state index contributed by atoms with van der Waals surface area (Å²) in [5.74, 6) is 0. The first-order chi connectivity index (χ1) is 4.70. The molecule has 1 rings (SSSR count). The van der Waals surface area contributed by atoms with Crippen molar-refractivity contribution in [1.29, 1.82) is 0 Å². The van der Waals surface area contributed by atoms with Crippen LogP contribution in [0.3, 0.4) is 0 Å². The average Bonchev–Trinajstić information content (AvgIpc) is 2.33. The van der Waals surface area contributed by atoms with Crippen molar-refractivity contribution in [3.63, 3.8) is 0 Å². The normalized spacial score (nSPS) is 40.4. The van der Waals surface area contributed by atoms with Gasteiger partial charge in [0, 0.05) is 13.3 Å². The molecule has 1 N–H and O–H groups in total. The molecule has 0 aromatic rings. The quantitative estimate of drug-likeness (QED) is 0.639. The fourth-order valence-electron chi connectivity index (χ4n) is 0.894. The van der Waals surface area contributed by atoms with E-state index >= 15 is 0 Å². The first-order valence-electron chi connectivity index (χ1n) is 3.14. The second-order valence-electron chi connectivity index (χ2n) is 2.22. The third-order valence-electron chi connectivity index (χ3n) is 1.52. The van der Waals surface area contributed by atoms with Gasteiger partial charge in [0.25, 0.3) is 0 Å². The molecule has 10 heavy (non-hydrogen) atoms. The highest BCUT2D eigenvalue weighted by molar-refractivity contribution is 8.10. The molecule has 0 amide bonds. The number of hydrogen-bond donors (Lipinski definition) is 1. The third-order valence-corrected chi connectivity index (χ3v) is 4.75. The predicted molar refractivity (Wildman–Crippen MR) is 42.7 cm³/mol. The fourth-order valence-corrected chi connectivity index (χ4v) is 3.18. The van der Waals surface area contributed by atoms with Gasteiger partial charge in [0.2, 0.25) is 0 Å². The average molecular weight is 182 g/mol. The van der Waals surface area contributed by atoms with E-state index in [0.29, 0.717) is 0 Å². The largest absolute Gasteiger partial charge is 0.394 e. The van der Waals surface area contributed by atoms with Gasteiger partial charge in [-0.2, -0.15) is 0 Å². The second-order valence-corrected chi connectivity index (χ2v) is 6.13. The molecule has 0 saturated carbocycles. The smallest absolute Gasteiger partial charge is 0.188 e. The zero-order chi connectivity index (χ0) is 7.61. The molecule has 3 nitrogen and oxygen atoms in total. The van der Waals surface area contributed by atoms with E-state index < -0.39 is 6.49 Å². The van der Waals surface area contributed by atoms with E-state index in [-0.39, 0.29) is 12.7 Å². The van der Waals surface area contributed by atoms with Crippen molar-refractivity contribution < 1.29 is 14.2 Å². The molecule has 0 spiro atoms. The lowest BCUT2D eigenvalue weighted by atomic mass is 10.3. The number of hydrogen-bond acceptors (Lipinski definition) is 4. The van der Waals surface area contributed by atoms with Crippen molar-refractivity contribution >= 4 is 18.3 Å². The zero-order valence-corrected chi connectivity index (χ0v) is 7.53. The van der Waals surface area contributed by atoms with Crippen molar-refractivity contribution in [1.82, 2.24) is 0 Å². The fraction of sp³-hybridized carbons (Fsp3) is 1.00. The van der Waals surface area contributed by atoms with Gasteiger partial charge in [0.15, 0.2) is 6.49 Å². The standard InChI is InChI=1S/C5H11O3PS/c1-7-9(10)3-2-5(4-6)8-9/h5-6H,2-4H2,1H3/t5-,9?/m0/s1. The van der Waals surface area contributed by atoms with Crippen molar-refractivity contribution in [2.75, 3.05) is 19.9 Å². The molecule has 1 fully saturated rings. The van der Waals surface area contributed by atoms with Gasteiger partial charge < -0.3 is 14.2 Å². The van der Waals surface area contributed by atoms with E-state index in [4.69, 9.17) is 26.0 Å². The molecule has 1 heterocycles. The maximum Gasteiger partial charge on any atom is 0.188 e. The Balaban J connectivity index is 2.49. The molecular formula is C5H11O3PS. The Kier molecular flexibility index (Phi) is 2.83. The van der Waals surface area contributed by atoms with Crippen LogP contribution in [-0.2, 0) is 20.9 Å². The number of aliphatic hydroxyl groups is 1. The highest BCUT2D eigenvalue weighted by Crippen LogP contribution is 2.54. The Hall–Kier alpha value is 0.530. The molecule has 1 saturated heterocycles. The zero-order valence-electron chi connectivity index (χ0n) is 5.82. The highest BCUT2D eigenvalue weighted by atomic mass is 32.5. The molecule has 2 atom stereocenters. The molecular weight excluding hydrogens is 171 g/mol. The minimum Gasteiger partial charge on any atom is -0.394 e. The summed E-state index contributed by atoms with van der Waals surface area (Å²) in [6.07, 6.45) is 1.55. The number of aliphatic hydroxyl groups excluding tert-OH is 1. The van der Waals surface area contributed by atoms with Crippen LogP contribution in [0, 0.1) is 0 Å². The SMILES string of the molecule is COP1(=S)CC[C@@H](CO)O1. The highest BCUT2D eigenvalue weighted by Gasteiger charge is 2.30. The van der Waals surface area contributed by atoms with E-state index in [1.165, 1.54) is 0 Å². The predicted octanol–water partition coefficient (Wildman–Crippen LogP) is 0.724. The molecule has 1 aliphatic rings. The van der Waals surface area contributed by atoms with Crippen LogP contribution in [0.1, 0.15) is 6.42 Å². The Labute approximate surface area is 65.5 Å². The molecule has 0 radical (unpaired) electrons. The summed E-state index contributed by atoms with van der Waals surface area (Å²) >= 11 is 5.07. The molecule has 0 aromatic heterocycles. The minimum absolute atomic E-state index is 0.0573. The molecule has 60 valence electrons. The van der Waals surface area contributed by atoms with Crippen LogP contribution in [0.25, 0.3) is 0 Å². The van der Waals surface area contributed by atoms with Crippen molar-refractivity contribution in [2.45, 2.75) is 12.5 Å². The van der Waals surface area contributed by atoms with Gasteiger partial charge in [-0.3, -0.25) is 0 Å². The summed E-state index contributed by atoms with van der Waals surface area (Å²) in [7, 11) is 1.57. The summed E-state index contributed by atoms with van der Waals surface area (Å²) in [5, 5.41) is 8.68. The molecule has 0 aromatic carbocycles. The van der Waals surface area contributed by atoms with E-state index in [9.17, 15) is 0 Å². The van der Waals surface area contributed by atoms with E-state index in [1.807, 2.05) is 0 Å². The topological polar surface area (TPSA) is 38.7 Å². The Morgan fingerprint density at radius 3 is 2.90 bits per heavy atom. The molecule has 0 aliphatic carbocycles. The van der Waals surface area contributed by atoms with Gasteiger partial charge >= 0.3 is 0 Å². The van der Waals surface area contributed by atoms with E-state index in [2.05, 4.69) is 0 Å². The van der Waals surface area contributed by atoms with Crippen LogP contribution in [0.2, 0.25) is 0 Å². The minimum atomic E-state index is -1.95. The van der Waals surface area contributed by atoms with Crippen LogP contribution in [0.5, 0.6) is 0 Å².